The Morgan fingerprint density at radius 3 is 2.38 bits per heavy atom. The molecule has 1 aromatic heterocycles. The molecule has 176 valence electrons. The first-order valence-electron chi connectivity index (χ1n) is 10.1. The maximum atomic E-state index is 13.4. The first-order chi connectivity index (χ1) is 16.0. The quantitative estimate of drug-likeness (QED) is 0.309. The van der Waals surface area contributed by atoms with Crippen LogP contribution in [-0.4, -0.2) is 23.4 Å². The molecule has 0 bridgehead atoms. The molecule has 0 fully saturated rings. The lowest BCUT2D eigenvalue weighted by Gasteiger charge is -2.13. The molecule has 3 aromatic carbocycles. The third-order valence-electron chi connectivity index (χ3n) is 5.30. The summed E-state index contributed by atoms with van der Waals surface area (Å²) >= 11 is 5.93. The highest BCUT2D eigenvalue weighted by molar-refractivity contribution is 7.89. The number of aromatic nitrogens is 2. The topological polar surface area (TPSA) is 69.0 Å². The summed E-state index contributed by atoms with van der Waals surface area (Å²) in [5.74, 6) is -1.12. The summed E-state index contributed by atoms with van der Waals surface area (Å²) in [6, 6.07) is 14.7. The van der Waals surface area contributed by atoms with Crippen LogP contribution in [0.2, 0.25) is 5.02 Å². The van der Waals surface area contributed by atoms with E-state index in [2.05, 4.69) is 5.10 Å². The molecule has 0 radical (unpaired) electrons. The Balaban J connectivity index is 1.67. The fourth-order valence-corrected chi connectivity index (χ4v) is 5.31. The molecule has 1 heterocycles. The number of rotatable bonds is 6. The number of alkyl halides is 3. The SMILES string of the molecule is Cc1ccc(CS(=O)(=O)n2ncc3ccc(CC(=O)c4c(Cl)cccc4C(F)(F)F)cc32)cc1. The van der Waals surface area contributed by atoms with Gasteiger partial charge in [0.05, 0.1) is 28.1 Å². The largest absolute Gasteiger partial charge is 0.417 e. The van der Waals surface area contributed by atoms with E-state index in [1.165, 1.54) is 18.3 Å². The van der Waals surface area contributed by atoms with Gasteiger partial charge in [0.2, 0.25) is 0 Å². The van der Waals surface area contributed by atoms with Gasteiger partial charge in [-0.15, -0.1) is 0 Å². The molecule has 4 rings (SSSR count). The van der Waals surface area contributed by atoms with E-state index < -0.39 is 39.5 Å². The summed E-state index contributed by atoms with van der Waals surface area (Å²) in [6.45, 7) is 1.89. The fourth-order valence-electron chi connectivity index (χ4n) is 3.65. The van der Waals surface area contributed by atoms with Crippen LogP contribution in [0, 0.1) is 6.92 Å². The van der Waals surface area contributed by atoms with Crippen LogP contribution < -0.4 is 0 Å². The predicted molar refractivity (Wildman–Crippen MR) is 123 cm³/mol. The number of benzene rings is 3. The Morgan fingerprint density at radius 2 is 1.71 bits per heavy atom. The lowest BCUT2D eigenvalue weighted by molar-refractivity contribution is -0.137. The van der Waals surface area contributed by atoms with Crippen LogP contribution in [0.1, 0.15) is 32.6 Å². The summed E-state index contributed by atoms with van der Waals surface area (Å²) < 4.78 is 67.1. The average molecular weight is 507 g/mol. The van der Waals surface area contributed by atoms with Crippen LogP contribution in [0.4, 0.5) is 13.2 Å². The molecule has 34 heavy (non-hydrogen) atoms. The highest BCUT2D eigenvalue weighted by atomic mass is 35.5. The van der Waals surface area contributed by atoms with Gasteiger partial charge in [-0.25, -0.2) is 8.42 Å². The number of fused-ring (bicyclic) bond motifs is 1. The van der Waals surface area contributed by atoms with Gasteiger partial charge in [-0.1, -0.05) is 59.6 Å². The highest BCUT2D eigenvalue weighted by Gasteiger charge is 2.36. The van der Waals surface area contributed by atoms with Crippen LogP contribution in [0.25, 0.3) is 10.9 Å². The molecule has 0 saturated carbocycles. The molecule has 0 spiro atoms. The van der Waals surface area contributed by atoms with E-state index in [-0.39, 0.29) is 16.3 Å². The number of halogens is 4. The third-order valence-corrected chi connectivity index (χ3v) is 7.13. The molecule has 5 nitrogen and oxygen atoms in total. The molecule has 0 amide bonds. The van der Waals surface area contributed by atoms with E-state index in [1.54, 1.807) is 36.4 Å². The number of carbonyl (C=O) groups is 1. The first kappa shape index (κ1) is 24.0. The van der Waals surface area contributed by atoms with Crippen molar-refractivity contribution in [1.29, 1.82) is 0 Å². The number of ketones is 1. The van der Waals surface area contributed by atoms with Crippen molar-refractivity contribution in [2.24, 2.45) is 0 Å². The van der Waals surface area contributed by atoms with Gasteiger partial charge in [0, 0.05) is 17.4 Å². The van der Waals surface area contributed by atoms with Crippen LogP contribution in [0.5, 0.6) is 0 Å². The van der Waals surface area contributed by atoms with E-state index >= 15 is 0 Å². The maximum absolute atomic E-state index is 13.4. The number of carbonyl (C=O) groups excluding carboxylic acids is 1. The van der Waals surface area contributed by atoms with Gasteiger partial charge in [0.1, 0.15) is 0 Å². The molecule has 0 saturated heterocycles. The smallest absolute Gasteiger partial charge is 0.294 e. The fraction of sp³-hybridized carbons (Fsp3) is 0.167. The Hall–Kier alpha value is -3.17. The molecule has 0 aliphatic rings. The summed E-state index contributed by atoms with van der Waals surface area (Å²) in [7, 11) is -3.89. The van der Waals surface area contributed by atoms with Crippen LogP contribution in [0.15, 0.2) is 66.9 Å². The van der Waals surface area contributed by atoms with Gasteiger partial charge >= 0.3 is 6.18 Å². The summed E-state index contributed by atoms with van der Waals surface area (Å²) in [4.78, 5) is 12.8. The Morgan fingerprint density at radius 1 is 1.03 bits per heavy atom. The normalized spacial score (nSPS) is 12.3. The lowest BCUT2D eigenvalue weighted by Crippen LogP contribution is -2.17. The van der Waals surface area contributed by atoms with Crippen molar-refractivity contribution >= 4 is 38.3 Å². The lowest BCUT2D eigenvalue weighted by atomic mass is 9.97. The zero-order valence-corrected chi connectivity index (χ0v) is 19.4. The van der Waals surface area contributed by atoms with E-state index in [0.717, 1.165) is 21.8 Å². The molecular formula is C24H18ClF3N2O3S. The predicted octanol–water partition coefficient (Wildman–Crippen LogP) is 5.82. The Bertz CT molecular complexity index is 1490. The molecule has 10 heteroatoms. The minimum Gasteiger partial charge on any atom is -0.294 e. The molecule has 0 atom stereocenters. The Kier molecular flexibility index (Phi) is 6.26. The number of hydrogen-bond donors (Lipinski definition) is 0. The van der Waals surface area contributed by atoms with Crippen molar-refractivity contribution in [1.82, 2.24) is 9.19 Å². The third kappa shape index (κ3) is 4.85. The second kappa shape index (κ2) is 8.88. The van der Waals surface area contributed by atoms with Gasteiger partial charge in [-0.05, 0) is 36.2 Å². The van der Waals surface area contributed by atoms with Gasteiger partial charge < -0.3 is 0 Å². The second-order valence-electron chi connectivity index (χ2n) is 7.88. The molecular weight excluding hydrogens is 489 g/mol. The van der Waals surface area contributed by atoms with Crippen molar-refractivity contribution in [3.05, 3.63) is 99.7 Å². The van der Waals surface area contributed by atoms with Crippen LogP contribution >= 0.6 is 11.6 Å². The van der Waals surface area contributed by atoms with E-state index in [0.29, 0.717) is 16.5 Å². The van der Waals surface area contributed by atoms with E-state index in [4.69, 9.17) is 11.6 Å². The number of nitrogens with zero attached hydrogens (tertiary/aromatic N) is 2. The molecule has 4 aromatic rings. The molecule has 0 N–H and O–H groups in total. The van der Waals surface area contributed by atoms with Crippen molar-refractivity contribution in [2.75, 3.05) is 0 Å². The second-order valence-corrected chi connectivity index (χ2v) is 10.1. The minimum atomic E-state index is -4.75. The van der Waals surface area contributed by atoms with Crippen LogP contribution in [-0.2, 0) is 28.4 Å². The monoisotopic (exact) mass is 506 g/mol. The van der Waals surface area contributed by atoms with Crippen LogP contribution in [0.3, 0.4) is 0 Å². The summed E-state index contributed by atoms with van der Waals surface area (Å²) in [5, 5.41) is 4.21. The number of aryl methyl sites for hydroxylation is 1. The Labute approximate surface area is 198 Å². The van der Waals surface area contributed by atoms with Crippen molar-refractivity contribution in [2.45, 2.75) is 25.3 Å². The van der Waals surface area contributed by atoms with E-state index in [1.807, 2.05) is 6.92 Å². The van der Waals surface area contributed by atoms with Crippen molar-refractivity contribution in [3.63, 3.8) is 0 Å². The first-order valence-corrected chi connectivity index (χ1v) is 12.1. The maximum Gasteiger partial charge on any atom is 0.417 e. The highest BCUT2D eigenvalue weighted by Crippen LogP contribution is 2.35. The van der Waals surface area contributed by atoms with E-state index in [9.17, 15) is 26.4 Å². The molecule has 0 aliphatic heterocycles. The summed E-state index contributed by atoms with van der Waals surface area (Å²) in [6.07, 6.45) is -3.77. The van der Waals surface area contributed by atoms with Gasteiger partial charge in [0.15, 0.2) is 5.78 Å². The van der Waals surface area contributed by atoms with Crippen molar-refractivity contribution < 1.29 is 26.4 Å². The number of hydrogen-bond acceptors (Lipinski definition) is 4. The zero-order chi connectivity index (χ0) is 24.7. The molecule has 0 aliphatic carbocycles. The van der Waals surface area contributed by atoms with Crippen molar-refractivity contribution in [3.8, 4) is 0 Å². The average Bonchev–Trinajstić information content (AvgIpc) is 3.18. The zero-order valence-electron chi connectivity index (χ0n) is 17.8. The van der Waals surface area contributed by atoms with Gasteiger partial charge in [-0.2, -0.15) is 22.4 Å². The molecule has 0 unspecified atom stereocenters. The van der Waals surface area contributed by atoms with Gasteiger partial charge in [0.25, 0.3) is 10.0 Å². The van der Waals surface area contributed by atoms with Gasteiger partial charge in [-0.3, -0.25) is 4.79 Å². The standard InChI is InChI=1S/C24H18ClF3N2O3S/c1-15-5-7-16(8-6-15)14-34(32,33)30-21-11-17(9-10-18(21)13-29-30)12-22(31)23-19(24(26,27)28)3-2-4-20(23)25/h2-11,13H,12,14H2,1H3. The summed E-state index contributed by atoms with van der Waals surface area (Å²) in [5.41, 5.74) is 0.408. The number of Topliss-reactive ketones (excluding diaryl/α,β-unsaturated/α-hetero) is 1. The minimum absolute atomic E-state index is 0.229.